The summed E-state index contributed by atoms with van der Waals surface area (Å²) in [5, 5.41) is 12.3. The number of carbonyl (C=O) groups excluding carboxylic acids is 1. The average Bonchev–Trinajstić information content (AvgIpc) is 2.80. The van der Waals surface area contributed by atoms with E-state index < -0.39 is 0 Å². The lowest BCUT2D eigenvalue weighted by Gasteiger charge is -2.42. The maximum atomic E-state index is 11.8. The molecule has 0 aliphatic heterocycles. The number of benzene rings is 1. The molecule has 104 valence electrons. The van der Waals surface area contributed by atoms with Crippen LogP contribution in [-0.4, -0.2) is 13.2 Å². The summed E-state index contributed by atoms with van der Waals surface area (Å²) in [4.78, 5) is 11.8. The number of hydrogen-bond donors (Lipinski definition) is 1. The Hall–Kier alpha value is -2.02. The number of nitrogens with one attached hydrogen (secondary N) is 1. The number of alkyl carbamates (subject to hydrolysis) is 1. The van der Waals surface area contributed by atoms with E-state index in [4.69, 9.17) is 4.74 Å². The molecule has 1 amide bonds. The summed E-state index contributed by atoms with van der Waals surface area (Å²) in [6, 6.07) is 10.6. The maximum Gasteiger partial charge on any atom is 0.407 e. The Balaban J connectivity index is 2.00. The van der Waals surface area contributed by atoms with Crippen LogP contribution in [0.25, 0.3) is 0 Å². The third kappa shape index (κ3) is 1.85. The van der Waals surface area contributed by atoms with Crippen LogP contribution in [0.5, 0.6) is 0 Å². The van der Waals surface area contributed by atoms with E-state index in [2.05, 4.69) is 23.5 Å². The van der Waals surface area contributed by atoms with Gasteiger partial charge in [-0.1, -0.05) is 24.3 Å². The Labute approximate surface area is 118 Å². The molecule has 3 rings (SSSR count). The van der Waals surface area contributed by atoms with Crippen molar-refractivity contribution in [1.29, 1.82) is 5.26 Å². The summed E-state index contributed by atoms with van der Waals surface area (Å²) in [5.41, 5.74) is 2.14. The third-order valence-corrected chi connectivity index (χ3v) is 4.81. The fourth-order valence-corrected chi connectivity index (χ4v) is 3.86. The molecule has 0 heterocycles. The number of carbonyl (C=O) groups is 1. The van der Waals surface area contributed by atoms with Gasteiger partial charge in [-0.05, 0) is 42.7 Å². The van der Waals surface area contributed by atoms with E-state index in [1.807, 2.05) is 12.1 Å². The van der Waals surface area contributed by atoms with Crippen molar-refractivity contribution in [2.24, 2.45) is 11.8 Å². The van der Waals surface area contributed by atoms with Gasteiger partial charge in [0.25, 0.3) is 0 Å². The SMILES string of the molecule is COC(=O)N[C@]12CC[C@H](C#N)C[C@H]1Cc1ccccc12. The first kappa shape index (κ1) is 13.0. The molecule has 0 unspecified atom stereocenters. The molecule has 1 saturated carbocycles. The van der Waals surface area contributed by atoms with Gasteiger partial charge in [-0.15, -0.1) is 0 Å². The smallest absolute Gasteiger partial charge is 0.407 e. The van der Waals surface area contributed by atoms with Crippen molar-refractivity contribution < 1.29 is 9.53 Å². The predicted molar refractivity (Wildman–Crippen MR) is 73.8 cm³/mol. The van der Waals surface area contributed by atoms with Crippen molar-refractivity contribution >= 4 is 6.09 Å². The Morgan fingerprint density at radius 2 is 2.30 bits per heavy atom. The standard InChI is InChI=1S/C16H18N2O2/c1-20-15(19)18-16-7-6-11(10-17)8-13(16)9-12-4-2-3-5-14(12)16/h2-5,11,13H,6-9H2,1H3,(H,18,19)/t11-,13-,16+/m0/s1. The summed E-state index contributed by atoms with van der Waals surface area (Å²) >= 11 is 0. The second kappa shape index (κ2) is 4.82. The molecule has 0 bridgehead atoms. The highest BCUT2D eigenvalue weighted by molar-refractivity contribution is 5.69. The zero-order valence-electron chi connectivity index (χ0n) is 11.6. The normalized spacial score (nSPS) is 30.8. The van der Waals surface area contributed by atoms with Crippen LogP contribution in [0.1, 0.15) is 30.4 Å². The van der Waals surface area contributed by atoms with Crippen molar-refractivity contribution in [3.63, 3.8) is 0 Å². The molecule has 20 heavy (non-hydrogen) atoms. The van der Waals surface area contributed by atoms with Crippen LogP contribution in [0.15, 0.2) is 24.3 Å². The highest BCUT2D eigenvalue weighted by Gasteiger charge is 2.51. The molecule has 0 aromatic heterocycles. The average molecular weight is 270 g/mol. The van der Waals surface area contributed by atoms with Gasteiger partial charge in [-0.2, -0.15) is 5.26 Å². The quantitative estimate of drug-likeness (QED) is 0.853. The lowest BCUT2D eigenvalue weighted by Crippen LogP contribution is -2.51. The number of fused-ring (bicyclic) bond motifs is 3. The van der Waals surface area contributed by atoms with Gasteiger partial charge in [-0.3, -0.25) is 0 Å². The van der Waals surface area contributed by atoms with Crippen LogP contribution in [-0.2, 0) is 16.7 Å². The molecule has 1 aromatic rings. The molecule has 4 heteroatoms. The number of hydrogen-bond acceptors (Lipinski definition) is 3. The number of ether oxygens (including phenoxy) is 1. The van der Waals surface area contributed by atoms with Crippen molar-refractivity contribution in [3.05, 3.63) is 35.4 Å². The van der Waals surface area contributed by atoms with Crippen molar-refractivity contribution in [2.45, 2.75) is 31.2 Å². The number of rotatable bonds is 1. The van der Waals surface area contributed by atoms with Gasteiger partial charge in [0.05, 0.1) is 18.7 Å². The molecule has 1 aromatic carbocycles. The third-order valence-electron chi connectivity index (χ3n) is 4.81. The fourth-order valence-electron chi connectivity index (χ4n) is 3.86. The number of methoxy groups -OCH3 is 1. The summed E-state index contributed by atoms with van der Waals surface area (Å²) in [5.74, 6) is 0.388. The molecule has 4 nitrogen and oxygen atoms in total. The van der Waals surface area contributed by atoms with Crippen LogP contribution in [0, 0.1) is 23.2 Å². The Morgan fingerprint density at radius 3 is 3.05 bits per heavy atom. The van der Waals surface area contributed by atoms with Gasteiger partial charge in [0.1, 0.15) is 0 Å². The molecule has 0 spiro atoms. The second-order valence-corrected chi connectivity index (χ2v) is 5.75. The van der Waals surface area contributed by atoms with E-state index in [1.165, 1.54) is 18.2 Å². The van der Waals surface area contributed by atoms with Crippen molar-refractivity contribution in [3.8, 4) is 6.07 Å². The zero-order valence-corrected chi connectivity index (χ0v) is 11.6. The minimum Gasteiger partial charge on any atom is -0.453 e. The molecule has 1 N–H and O–H groups in total. The molecular formula is C16H18N2O2. The maximum absolute atomic E-state index is 11.8. The van der Waals surface area contributed by atoms with Crippen molar-refractivity contribution in [1.82, 2.24) is 5.32 Å². The van der Waals surface area contributed by atoms with Crippen LogP contribution in [0.2, 0.25) is 0 Å². The van der Waals surface area contributed by atoms with E-state index in [0.29, 0.717) is 0 Å². The molecule has 0 radical (unpaired) electrons. The summed E-state index contributed by atoms with van der Waals surface area (Å²) < 4.78 is 4.81. The first-order valence-electron chi connectivity index (χ1n) is 7.03. The van der Waals surface area contributed by atoms with E-state index in [9.17, 15) is 10.1 Å². The molecule has 2 aliphatic rings. The number of amides is 1. The topological polar surface area (TPSA) is 62.1 Å². The lowest BCUT2D eigenvalue weighted by atomic mass is 9.69. The molecule has 3 atom stereocenters. The van der Waals surface area contributed by atoms with Gasteiger partial charge in [0.2, 0.25) is 0 Å². The van der Waals surface area contributed by atoms with Crippen LogP contribution in [0.3, 0.4) is 0 Å². The van der Waals surface area contributed by atoms with E-state index in [1.54, 1.807) is 0 Å². The monoisotopic (exact) mass is 270 g/mol. The van der Waals surface area contributed by atoms with Crippen LogP contribution >= 0.6 is 0 Å². The van der Waals surface area contributed by atoms with E-state index in [-0.39, 0.29) is 23.5 Å². The summed E-state index contributed by atoms with van der Waals surface area (Å²) in [7, 11) is 1.39. The minimum absolute atomic E-state index is 0.0990. The lowest BCUT2D eigenvalue weighted by molar-refractivity contribution is 0.110. The van der Waals surface area contributed by atoms with Gasteiger partial charge in [0.15, 0.2) is 0 Å². The Morgan fingerprint density at radius 1 is 1.50 bits per heavy atom. The molecular weight excluding hydrogens is 252 g/mol. The zero-order chi connectivity index (χ0) is 14.2. The first-order valence-corrected chi connectivity index (χ1v) is 7.03. The predicted octanol–water partition coefficient (Wildman–Crippen LogP) is 2.73. The molecule has 2 aliphatic carbocycles. The summed E-state index contributed by atoms with van der Waals surface area (Å²) in [6.45, 7) is 0. The Bertz CT molecular complexity index is 578. The van der Waals surface area contributed by atoms with Gasteiger partial charge in [0, 0.05) is 5.92 Å². The molecule has 0 saturated heterocycles. The van der Waals surface area contributed by atoms with Crippen molar-refractivity contribution in [2.75, 3.05) is 7.11 Å². The first-order chi connectivity index (χ1) is 9.69. The fraction of sp³-hybridized carbons (Fsp3) is 0.500. The van der Waals surface area contributed by atoms with Crippen LogP contribution < -0.4 is 5.32 Å². The van der Waals surface area contributed by atoms with Gasteiger partial charge < -0.3 is 10.1 Å². The second-order valence-electron chi connectivity index (χ2n) is 5.75. The van der Waals surface area contributed by atoms with E-state index in [0.717, 1.165) is 25.7 Å². The minimum atomic E-state index is -0.387. The Kier molecular flexibility index (Phi) is 3.13. The summed E-state index contributed by atoms with van der Waals surface area (Å²) in [6.07, 6.45) is 3.02. The van der Waals surface area contributed by atoms with E-state index >= 15 is 0 Å². The number of nitriles is 1. The molecule has 1 fully saturated rings. The van der Waals surface area contributed by atoms with Gasteiger partial charge in [-0.25, -0.2) is 4.79 Å². The van der Waals surface area contributed by atoms with Crippen LogP contribution in [0.4, 0.5) is 4.79 Å². The highest BCUT2D eigenvalue weighted by atomic mass is 16.5. The highest BCUT2D eigenvalue weighted by Crippen LogP contribution is 2.51. The largest absolute Gasteiger partial charge is 0.453 e. The number of nitrogens with zero attached hydrogens (tertiary/aromatic N) is 1. The van der Waals surface area contributed by atoms with Gasteiger partial charge >= 0.3 is 6.09 Å².